The van der Waals surface area contributed by atoms with Crippen LogP contribution in [-0.2, 0) is 14.3 Å². The lowest BCUT2D eigenvalue weighted by Gasteiger charge is -2.20. The quantitative estimate of drug-likeness (QED) is 0.853. The molecule has 2 unspecified atom stereocenters. The van der Waals surface area contributed by atoms with Crippen molar-refractivity contribution in [2.45, 2.75) is 44.8 Å². The van der Waals surface area contributed by atoms with Gasteiger partial charge in [-0.15, -0.1) is 0 Å². The van der Waals surface area contributed by atoms with Crippen molar-refractivity contribution in [3.8, 4) is 0 Å². The first-order chi connectivity index (χ1) is 11.4. The topological polar surface area (TPSA) is 58.6 Å². The van der Waals surface area contributed by atoms with E-state index in [1.54, 1.807) is 4.90 Å². The molecule has 0 radical (unpaired) electrons. The number of hydrogen-bond donors (Lipinski definition) is 1. The van der Waals surface area contributed by atoms with E-state index >= 15 is 0 Å². The molecule has 0 spiro atoms. The molecule has 0 aliphatic carbocycles. The van der Waals surface area contributed by atoms with E-state index in [0.717, 1.165) is 23.0 Å². The number of benzene rings is 1. The second-order valence-electron chi connectivity index (χ2n) is 7.14. The van der Waals surface area contributed by atoms with Gasteiger partial charge in [-0.2, -0.15) is 0 Å². The van der Waals surface area contributed by atoms with Crippen LogP contribution in [0.5, 0.6) is 0 Å². The predicted octanol–water partition coefficient (Wildman–Crippen LogP) is 2.88. The molecular formula is C18H23BrN2O3. The number of halogens is 1. The van der Waals surface area contributed by atoms with Crippen molar-refractivity contribution in [1.82, 2.24) is 5.32 Å². The molecule has 2 heterocycles. The van der Waals surface area contributed by atoms with Crippen LogP contribution in [0.2, 0.25) is 0 Å². The molecule has 2 aliphatic heterocycles. The second kappa shape index (κ2) is 6.84. The lowest BCUT2D eigenvalue weighted by Crippen LogP contribution is -2.38. The lowest BCUT2D eigenvalue weighted by atomic mass is 10.1. The maximum absolute atomic E-state index is 12.4. The Kier molecular flexibility index (Phi) is 4.97. The highest BCUT2D eigenvalue weighted by Gasteiger charge is 2.37. The van der Waals surface area contributed by atoms with Gasteiger partial charge in [-0.1, -0.05) is 12.1 Å². The van der Waals surface area contributed by atoms with Crippen LogP contribution in [0.15, 0.2) is 28.7 Å². The molecule has 2 atom stereocenters. The van der Waals surface area contributed by atoms with Crippen molar-refractivity contribution in [2.24, 2.45) is 5.92 Å². The van der Waals surface area contributed by atoms with E-state index in [-0.39, 0.29) is 35.9 Å². The zero-order chi connectivity index (χ0) is 17.3. The van der Waals surface area contributed by atoms with E-state index in [2.05, 4.69) is 35.1 Å². The Morgan fingerprint density at radius 3 is 2.83 bits per heavy atom. The first-order valence-corrected chi connectivity index (χ1v) is 9.15. The molecule has 2 amide bonds. The summed E-state index contributed by atoms with van der Waals surface area (Å²) < 4.78 is 6.75. The minimum absolute atomic E-state index is 0.0136. The predicted molar refractivity (Wildman–Crippen MR) is 95.8 cm³/mol. The molecule has 6 heteroatoms. The number of amides is 2. The molecule has 1 N–H and O–H groups in total. The number of carbonyl (C=O) groups is 2. The molecule has 1 aromatic rings. The van der Waals surface area contributed by atoms with Crippen LogP contribution in [0.4, 0.5) is 5.69 Å². The Balaban J connectivity index is 1.56. The third kappa shape index (κ3) is 3.81. The van der Waals surface area contributed by atoms with Gasteiger partial charge in [0.2, 0.25) is 11.8 Å². The number of rotatable bonds is 4. The van der Waals surface area contributed by atoms with Crippen LogP contribution >= 0.6 is 15.9 Å². The number of nitrogens with zero attached hydrogens (tertiary/aromatic N) is 1. The average molecular weight is 395 g/mol. The summed E-state index contributed by atoms with van der Waals surface area (Å²) >= 11 is 3.47. The van der Waals surface area contributed by atoms with Gasteiger partial charge in [0.05, 0.1) is 23.3 Å². The molecule has 0 bridgehead atoms. The summed E-state index contributed by atoms with van der Waals surface area (Å²) in [4.78, 5) is 26.4. The van der Waals surface area contributed by atoms with E-state index in [0.29, 0.717) is 13.1 Å². The van der Waals surface area contributed by atoms with Gasteiger partial charge in [0.1, 0.15) is 0 Å². The maximum atomic E-state index is 12.4. The van der Waals surface area contributed by atoms with E-state index in [1.807, 2.05) is 24.3 Å². The van der Waals surface area contributed by atoms with Gasteiger partial charge in [-0.3, -0.25) is 9.59 Å². The smallest absolute Gasteiger partial charge is 0.227 e. The van der Waals surface area contributed by atoms with Gasteiger partial charge in [0, 0.05) is 24.0 Å². The van der Waals surface area contributed by atoms with Gasteiger partial charge in [-0.25, -0.2) is 0 Å². The highest BCUT2D eigenvalue weighted by Crippen LogP contribution is 2.32. The SMILES string of the molecule is CC1(C)CCC(CNC(=O)C2CC(=O)N(c3ccccc3Br)C2)O1. The fourth-order valence-corrected chi connectivity index (χ4v) is 3.87. The van der Waals surface area contributed by atoms with E-state index in [4.69, 9.17) is 4.74 Å². The third-order valence-corrected chi connectivity index (χ3v) is 5.37. The fraction of sp³-hybridized carbons (Fsp3) is 0.556. The largest absolute Gasteiger partial charge is 0.371 e. The maximum Gasteiger partial charge on any atom is 0.227 e. The molecule has 0 aromatic heterocycles. The van der Waals surface area contributed by atoms with Crippen molar-refractivity contribution in [1.29, 1.82) is 0 Å². The lowest BCUT2D eigenvalue weighted by molar-refractivity contribution is -0.127. The minimum Gasteiger partial charge on any atom is -0.371 e. The fourth-order valence-electron chi connectivity index (χ4n) is 3.37. The third-order valence-electron chi connectivity index (χ3n) is 4.70. The Morgan fingerprint density at radius 2 is 2.17 bits per heavy atom. The normalized spacial score (nSPS) is 26.0. The molecule has 24 heavy (non-hydrogen) atoms. The number of ether oxygens (including phenoxy) is 1. The Morgan fingerprint density at radius 1 is 1.42 bits per heavy atom. The standard InChI is InChI=1S/C18H23BrN2O3/c1-18(2)8-7-13(24-18)10-20-17(23)12-9-16(22)21(11-12)15-6-4-3-5-14(15)19/h3-6,12-13H,7-11H2,1-2H3,(H,20,23). The van der Waals surface area contributed by atoms with Crippen LogP contribution in [0.25, 0.3) is 0 Å². The molecule has 5 nitrogen and oxygen atoms in total. The molecule has 0 saturated carbocycles. The van der Waals surface area contributed by atoms with Crippen molar-refractivity contribution >= 4 is 33.4 Å². The zero-order valence-corrected chi connectivity index (χ0v) is 15.6. The van der Waals surface area contributed by atoms with Crippen molar-refractivity contribution in [3.63, 3.8) is 0 Å². The van der Waals surface area contributed by atoms with E-state index < -0.39 is 0 Å². The molecule has 3 rings (SSSR count). The Labute approximate surface area is 150 Å². The number of anilines is 1. The summed E-state index contributed by atoms with van der Waals surface area (Å²) in [7, 11) is 0. The first-order valence-electron chi connectivity index (χ1n) is 8.36. The molecule has 2 aliphatic rings. The summed E-state index contributed by atoms with van der Waals surface area (Å²) in [5, 5.41) is 2.96. The molecule has 130 valence electrons. The number of carbonyl (C=O) groups excluding carboxylic acids is 2. The number of nitrogens with one attached hydrogen (secondary N) is 1. The van der Waals surface area contributed by atoms with Crippen LogP contribution in [0.3, 0.4) is 0 Å². The van der Waals surface area contributed by atoms with Gasteiger partial charge < -0.3 is 15.0 Å². The molecular weight excluding hydrogens is 372 g/mol. The Hall–Kier alpha value is -1.40. The summed E-state index contributed by atoms with van der Waals surface area (Å²) in [5.41, 5.74) is 0.716. The number of para-hydroxylation sites is 1. The van der Waals surface area contributed by atoms with Gasteiger partial charge in [0.25, 0.3) is 0 Å². The highest BCUT2D eigenvalue weighted by atomic mass is 79.9. The van der Waals surface area contributed by atoms with Gasteiger partial charge >= 0.3 is 0 Å². The highest BCUT2D eigenvalue weighted by molar-refractivity contribution is 9.10. The van der Waals surface area contributed by atoms with E-state index in [1.165, 1.54) is 0 Å². The van der Waals surface area contributed by atoms with Gasteiger partial charge in [0.15, 0.2) is 0 Å². The first kappa shape index (κ1) is 17.4. The monoisotopic (exact) mass is 394 g/mol. The Bertz CT molecular complexity index is 647. The van der Waals surface area contributed by atoms with Crippen LogP contribution in [0, 0.1) is 5.92 Å². The molecule has 2 saturated heterocycles. The molecule has 1 aromatic carbocycles. The summed E-state index contributed by atoms with van der Waals surface area (Å²) in [5.74, 6) is -0.384. The summed E-state index contributed by atoms with van der Waals surface area (Å²) in [6, 6.07) is 7.58. The van der Waals surface area contributed by atoms with Crippen molar-refractivity contribution < 1.29 is 14.3 Å². The molecule has 2 fully saturated rings. The minimum atomic E-state index is -0.306. The zero-order valence-electron chi connectivity index (χ0n) is 14.0. The van der Waals surface area contributed by atoms with Crippen LogP contribution in [0.1, 0.15) is 33.1 Å². The second-order valence-corrected chi connectivity index (χ2v) is 7.99. The van der Waals surface area contributed by atoms with Crippen LogP contribution < -0.4 is 10.2 Å². The number of hydrogen-bond acceptors (Lipinski definition) is 3. The van der Waals surface area contributed by atoms with Crippen LogP contribution in [-0.4, -0.2) is 36.6 Å². The van der Waals surface area contributed by atoms with Crippen molar-refractivity contribution in [2.75, 3.05) is 18.0 Å². The summed E-state index contributed by atoms with van der Waals surface area (Å²) in [6.45, 7) is 5.08. The van der Waals surface area contributed by atoms with E-state index in [9.17, 15) is 9.59 Å². The average Bonchev–Trinajstić information content (AvgIpc) is 3.08. The van der Waals surface area contributed by atoms with Gasteiger partial charge in [-0.05, 0) is 54.8 Å². The van der Waals surface area contributed by atoms with Crippen molar-refractivity contribution in [3.05, 3.63) is 28.7 Å². The summed E-state index contributed by atoms with van der Waals surface area (Å²) in [6.07, 6.45) is 2.29.